The third kappa shape index (κ3) is 4.56. The summed E-state index contributed by atoms with van der Waals surface area (Å²) in [4.78, 5) is 0. The Bertz CT molecular complexity index is 613. The smallest absolute Gasteiger partial charge is 0.192 e. The highest BCUT2D eigenvalue weighted by molar-refractivity contribution is 6.74. The molecular weight excluding hydrogens is 324 g/mol. The molecule has 1 unspecified atom stereocenters. The van der Waals surface area contributed by atoms with Crippen molar-refractivity contribution < 1.29 is 9.16 Å². The molecular formula is C22H36O2Si. The van der Waals surface area contributed by atoms with Gasteiger partial charge in [0.25, 0.3) is 0 Å². The first-order valence-corrected chi connectivity index (χ1v) is 12.5. The summed E-state index contributed by atoms with van der Waals surface area (Å²) in [5, 5.41) is 0.235. The maximum absolute atomic E-state index is 6.72. The van der Waals surface area contributed by atoms with Gasteiger partial charge in [-0.15, -0.1) is 0 Å². The molecule has 1 aromatic carbocycles. The molecule has 0 fully saturated rings. The molecule has 140 valence electrons. The van der Waals surface area contributed by atoms with E-state index in [1.54, 1.807) is 7.11 Å². The van der Waals surface area contributed by atoms with Gasteiger partial charge < -0.3 is 9.16 Å². The van der Waals surface area contributed by atoms with Crippen LogP contribution in [0.15, 0.2) is 30.4 Å². The molecule has 0 saturated carbocycles. The molecule has 0 heterocycles. The molecule has 0 spiro atoms. The van der Waals surface area contributed by atoms with E-state index in [1.807, 2.05) is 0 Å². The maximum atomic E-state index is 6.72. The van der Waals surface area contributed by atoms with E-state index in [4.69, 9.17) is 9.16 Å². The normalized spacial score (nSPS) is 18.3. The van der Waals surface area contributed by atoms with Crippen LogP contribution in [0.25, 0.3) is 0 Å². The van der Waals surface area contributed by atoms with E-state index in [-0.39, 0.29) is 11.1 Å². The minimum Gasteiger partial charge on any atom is -0.497 e. The molecule has 2 atom stereocenters. The molecule has 2 nitrogen and oxygen atoms in total. The lowest BCUT2D eigenvalue weighted by atomic mass is 9.74. The van der Waals surface area contributed by atoms with Crippen molar-refractivity contribution in [2.75, 3.05) is 7.11 Å². The highest BCUT2D eigenvalue weighted by atomic mass is 28.4. The number of rotatable bonds is 8. The predicted octanol–water partition coefficient (Wildman–Crippen LogP) is 6.47. The molecule has 2 rings (SSSR count). The third-order valence-corrected chi connectivity index (χ3v) is 10.7. The Balaban J connectivity index is 2.00. The van der Waals surface area contributed by atoms with E-state index in [1.165, 1.54) is 23.1 Å². The largest absolute Gasteiger partial charge is 0.497 e. The van der Waals surface area contributed by atoms with Crippen LogP contribution in [0.2, 0.25) is 18.1 Å². The Morgan fingerprint density at radius 3 is 2.52 bits per heavy atom. The van der Waals surface area contributed by atoms with Crippen LogP contribution < -0.4 is 4.74 Å². The first-order chi connectivity index (χ1) is 11.6. The second-order valence-electron chi connectivity index (χ2n) is 8.92. The lowest BCUT2D eigenvalue weighted by Gasteiger charge is -2.40. The van der Waals surface area contributed by atoms with Gasteiger partial charge in [0.2, 0.25) is 0 Å². The zero-order valence-electron chi connectivity index (χ0n) is 17.2. The molecule has 0 N–H and O–H groups in total. The molecule has 0 aromatic heterocycles. The van der Waals surface area contributed by atoms with Crippen LogP contribution in [-0.2, 0) is 10.8 Å². The van der Waals surface area contributed by atoms with Gasteiger partial charge in [-0.25, -0.2) is 0 Å². The summed E-state index contributed by atoms with van der Waals surface area (Å²) < 4.78 is 12.0. The molecule has 0 bridgehead atoms. The molecule has 0 saturated heterocycles. The fourth-order valence-corrected chi connectivity index (χ4v) is 4.59. The monoisotopic (exact) mass is 360 g/mol. The van der Waals surface area contributed by atoms with E-state index in [9.17, 15) is 0 Å². The van der Waals surface area contributed by atoms with Crippen molar-refractivity contribution in [1.82, 2.24) is 0 Å². The number of methoxy groups -OCH3 is 1. The average molecular weight is 361 g/mol. The summed E-state index contributed by atoms with van der Waals surface area (Å²) in [7, 11) is -0.0395. The van der Waals surface area contributed by atoms with Crippen molar-refractivity contribution in [3.8, 4) is 5.75 Å². The number of hydrogen-bond donors (Lipinski definition) is 0. The van der Waals surface area contributed by atoms with E-state index < -0.39 is 8.32 Å². The Morgan fingerprint density at radius 1 is 1.32 bits per heavy atom. The summed E-state index contributed by atoms with van der Waals surface area (Å²) in [6.07, 6.45) is 4.62. The molecule has 0 amide bonds. The standard InChI is InChI=1S/C22H36O2Si/c1-9-16(2)21(24-25(7,8)22(3,4)5)13-10-17-14-18-15-19(23-6)11-12-20(17)18/h11-12,15,17,21H,2,9-10,13-14H2,1,3-8H3/t17?,21-/m1/s1. The Hall–Kier alpha value is -1.06. The number of ether oxygens (including phenoxy) is 1. The van der Waals surface area contributed by atoms with Crippen LogP contribution in [0.1, 0.15) is 64.0 Å². The van der Waals surface area contributed by atoms with Gasteiger partial charge in [-0.3, -0.25) is 0 Å². The van der Waals surface area contributed by atoms with Crippen molar-refractivity contribution >= 4 is 8.32 Å². The zero-order chi connectivity index (χ0) is 18.8. The van der Waals surface area contributed by atoms with Crippen LogP contribution in [-0.4, -0.2) is 21.5 Å². The molecule has 25 heavy (non-hydrogen) atoms. The Kier molecular flexibility index (Phi) is 6.21. The van der Waals surface area contributed by atoms with Gasteiger partial charge >= 0.3 is 0 Å². The van der Waals surface area contributed by atoms with Crippen LogP contribution >= 0.6 is 0 Å². The lowest BCUT2D eigenvalue weighted by molar-refractivity contribution is 0.193. The SMILES string of the molecule is C=C(CC)[C@@H](CCC1Cc2cc(OC)ccc21)O[Si](C)(C)C(C)(C)C. The van der Waals surface area contributed by atoms with Gasteiger partial charge in [0.1, 0.15) is 5.75 Å². The topological polar surface area (TPSA) is 18.5 Å². The van der Waals surface area contributed by atoms with Gasteiger partial charge in [0.15, 0.2) is 8.32 Å². The summed E-state index contributed by atoms with van der Waals surface area (Å²) in [5.74, 6) is 1.63. The zero-order valence-corrected chi connectivity index (χ0v) is 18.2. The fourth-order valence-electron chi connectivity index (χ4n) is 3.25. The predicted molar refractivity (Wildman–Crippen MR) is 110 cm³/mol. The molecule has 1 aromatic rings. The van der Waals surface area contributed by atoms with E-state index in [0.29, 0.717) is 5.92 Å². The van der Waals surface area contributed by atoms with Gasteiger partial charge in [-0.2, -0.15) is 0 Å². The van der Waals surface area contributed by atoms with E-state index >= 15 is 0 Å². The number of fused-ring (bicyclic) bond motifs is 1. The first-order valence-electron chi connectivity index (χ1n) is 9.61. The first kappa shape index (κ1) is 20.3. The summed E-state index contributed by atoms with van der Waals surface area (Å²) in [6.45, 7) is 18.1. The summed E-state index contributed by atoms with van der Waals surface area (Å²) in [6, 6.07) is 6.50. The molecule has 1 aliphatic carbocycles. The molecule has 1 aliphatic rings. The van der Waals surface area contributed by atoms with E-state index in [0.717, 1.165) is 25.0 Å². The van der Waals surface area contributed by atoms with Gasteiger partial charge in [-0.05, 0) is 73.0 Å². The molecule has 0 radical (unpaired) electrons. The second-order valence-corrected chi connectivity index (χ2v) is 13.7. The van der Waals surface area contributed by atoms with Crippen molar-refractivity contribution in [2.24, 2.45) is 0 Å². The lowest BCUT2D eigenvalue weighted by Crippen LogP contribution is -2.44. The molecule has 3 heteroatoms. The second kappa shape index (κ2) is 7.67. The van der Waals surface area contributed by atoms with E-state index in [2.05, 4.69) is 65.6 Å². The maximum Gasteiger partial charge on any atom is 0.192 e. The van der Waals surface area contributed by atoms with Crippen molar-refractivity contribution in [3.63, 3.8) is 0 Å². The van der Waals surface area contributed by atoms with Crippen LogP contribution in [0.5, 0.6) is 5.75 Å². The van der Waals surface area contributed by atoms with Crippen LogP contribution in [0.4, 0.5) is 0 Å². The van der Waals surface area contributed by atoms with Crippen LogP contribution in [0, 0.1) is 0 Å². The van der Waals surface area contributed by atoms with Gasteiger partial charge in [0.05, 0.1) is 13.2 Å². The van der Waals surface area contributed by atoms with Gasteiger partial charge in [0, 0.05) is 0 Å². The average Bonchev–Trinajstić information content (AvgIpc) is 2.52. The number of hydrogen-bond acceptors (Lipinski definition) is 2. The van der Waals surface area contributed by atoms with Crippen LogP contribution in [0.3, 0.4) is 0 Å². The van der Waals surface area contributed by atoms with Gasteiger partial charge in [-0.1, -0.05) is 45.9 Å². The quantitative estimate of drug-likeness (QED) is 0.390. The Labute approximate surface area is 155 Å². The minimum absolute atomic E-state index is 0.202. The highest BCUT2D eigenvalue weighted by Crippen LogP contribution is 2.42. The number of benzene rings is 1. The molecule has 0 aliphatic heterocycles. The van der Waals surface area contributed by atoms with Crippen molar-refractivity contribution in [3.05, 3.63) is 41.5 Å². The van der Waals surface area contributed by atoms with Crippen molar-refractivity contribution in [2.45, 2.75) is 83.5 Å². The summed E-state index contributed by atoms with van der Waals surface area (Å²) in [5.41, 5.74) is 4.19. The Morgan fingerprint density at radius 2 is 2.00 bits per heavy atom. The highest BCUT2D eigenvalue weighted by Gasteiger charge is 2.39. The fraction of sp³-hybridized carbons (Fsp3) is 0.636. The third-order valence-electron chi connectivity index (χ3n) is 6.19. The van der Waals surface area contributed by atoms with Crippen molar-refractivity contribution in [1.29, 1.82) is 0 Å². The summed E-state index contributed by atoms with van der Waals surface area (Å²) >= 11 is 0. The minimum atomic E-state index is -1.77.